The normalized spacial score (nSPS) is 16.4. The van der Waals surface area contributed by atoms with E-state index in [2.05, 4.69) is 10.0 Å². The van der Waals surface area contributed by atoms with Crippen LogP contribution in [0.4, 0.5) is 0 Å². The van der Waals surface area contributed by atoms with E-state index in [1.165, 1.54) is 0 Å². The van der Waals surface area contributed by atoms with Crippen LogP contribution >= 0.6 is 0 Å². The monoisotopic (exact) mass is 291 g/mol. The molecular formula is C12H25N3O3S. The zero-order valence-electron chi connectivity index (χ0n) is 12.2. The molecule has 0 bridgehead atoms. The molecule has 0 aromatic rings. The molecule has 1 fully saturated rings. The first-order valence-electron chi connectivity index (χ1n) is 6.64. The molecule has 7 heteroatoms. The van der Waals surface area contributed by atoms with Crippen LogP contribution < -0.4 is 10.0 Å². The summed E-state index contributed by atoms with van der Waals surface area (Å²) in [7, 11) is -3.24. The molecule has 0 spiro atoms. The molecule has 19 heavy (non-hydrogen) atoms. The van der Waals surface area contributed by atoms with E-state index in [1.54, 1.807) is 13.8 Å². The van der Waals surface area contributed by atoms with E-state index >= 15 is 0 Å². The summed E-state index contributed by atoms with van der Waals surface area (Å²) < 4.78 is 24.9. The van der Waals surface area contributed by atoms with Gasteiger partial charge in [-0.3, -0.25) is 4.79 Å². The van der Waals surface area contributed by atoms with Crippen LogP contribution in [0.2, 0.25) is 0 Å². The van der Waals surface area contributed by atoms with Crippen molar-refractivity contribution in [2.24, 2.45) is 0 Å². The third-order valence-electron chi connectivity index (χ3n) is 2.95. The molecule has 0 aliphatic heterocycles. The number of sulfonamides is 1. The molecule has 1 amide bonds. The van der Waals surface area contributed by atoms with Gasteiger partial charge in [0.1, 0.15) is 0 Å². The van der Waals surface area contributed by atoms with E-state index in [1.807, 2.05) is 11.8 Å². The SMILES string of the molecule is CCN(C(=O)CNCC(C)(C)NS(C)(=O)=O)C1CC1. The van der Waals surface area contributed by atoms with Crippen LogP contribution in [0, 0.1) is 0 Å². The minimum absolute atomic E-state index is 0.0835. The number of hydrogen-bond donors (Lipinski definition) is 2. The summed E-state index contributed by atoms with van der Waals surface area (Å²) in [6.45, 7) is 6.93. The largest absolute Gasteiger partial charge is 0.339 e. The van der Waals surface area contributed by atoms with Crippen LogP contribution in [0.25, 0.3) is 0 Å². The Labute approximate surface area is 116 Å². The number of likely N-dealkylation sites (N-methyl/N-ethyl adjacent to an activating group) is 1. The molecule has 0 aromatic carbocycles. The van der Waals surface area contributed by atoms with E-state index < -0.39 is 15.6 Å². The minimum atomic E-state index is -3.24. The van der Waals surface area contributed by atoms with Crippen molar-refractivity contribution in [2.45, 2.75) is 45.2 Å². The highest BCUT2D eigenvalue weighted by Gasteiger charge is 2.31. The predicted molar refractivity (Wildman–Crippen MR) is 75.3 cm³/mol. The van der Waals surface area contributed by atoms with E-state index in [0.717, 1.165) is 25.6 Å². The average Bonchev–Trinajstić information content (AvgIpc) is 2.98. The fourth-order valence-corrected chi connectivity index (χ4v) is 3.22. The summed E-state index contributed by atoms with van der Waals surface area (Å²) in [6, 6.07) is 0.418. The van der Waals surface area contributed by atoms with E-state index in [9.17, 15) is 13.2 Å². The van der Waals surface area contributed by atoms with Gasteiger partial charge in [-0.1, -0.05) is 0 Å². The summed E-state index contributed by atoms with van der Waals surface area (Å²) in [5, 5.41) is 3.03. The molecule has 112 valence electrons. The first kappa shape index (κ1) is 16.4. The number of rotatable bonds is 8. The van der Waals surface area contributed by atoms with Gasteiger partial charge in [0.25, 0.3) is 0 Å². The summed E-state index contributed by atoms with van der Waals surface area (Å²) in [5.41, 5.74) is -0.607. The molecule has 1 aliphatic rings. The van der Waals surface area contributed by atoms with Gasteiger partial charge in [0.2, 0.25) is 15.9 Å². The molecule has 2 N–H and O–H groups in total. The zero-order chi connectivity index (χ0) is 14.7. The van der Waals surface area contributed by atoms with Crippen molar-refractivity contribution in [1.29, 1.82) is 0 Å². The smallest absolute Gasteiger partial charge is 0.236 e. The zero-order valence-corrected chi connectivity index (χ0v) is 13.0. The molecule has 1 saturated carbocycles. The molecule has 0 saturated heterocycles. The summed E-state index contributed by atoms with van der Waals surface area (Å²) in [4.78, 5) is 13.8. The number of nitrogens with zero attached hydrogens (tertiary/aromatic N) is 1. The number of nitrogens with one attached hydrogen (secondary N) is 2. The number of hydrogen-bond acceptors (Lipinski definition) is 4. The van der Waals surface area contributed by atoms with Gasteiger partial charge in [-0.25, -0.2) is 13.1 Å². The molecular weight excluding hydrogens is 266 g/mol. The van der Waals surface area contributed by atoms with Gasteiger partial charge in [0, 0.05) is 24.7 Å². The van der Waals surface area contributed by atoms with Gasteiger partial charge in [0.05, 0.1) is 12.8 Å². The molecule has 6 nitrogen and oxygen atoms in total. The Morgan fingerprint density at radius 3 is 2.37 bits per heavy atom. The number of amides is 1. The third-order valence-corrected chi connectivity index (χ3v) is 3.88. The fraction of sp³-hybridized carbons (Fsp3) is 0.917. The van der Waals surface area contributed by atoms with Crippen LogP contribution in [-0.4, -0.2) is 56.7 Å². The Hall–Kier alpha value is -0.660. The number of carbonyl (C=O) groups is 1. The van der Waals surface area contributed by atoms with Crippen molar-refractivity contribution < 1.29 is 13.2 Å². The molecule has 0 atom stereocenters. The lowest BCUT2D eigenvalue weighted by Gasteiger charge is -2.26. The molecule has 1 aliphatic carbocycles. The van der Waals surface area contributed by atoms with Gasteiger partial charge < -0.3 is 10.2 Å². The number of carbonyl (C=O) groups excluding carboxylic acids is 1. The maximum Gasteiger partial charge on any atom is 0.236 e. The second-order valence-corrected chi connectivity index (χ2v) is 7.52. The lowest BCUT2D eigenvalue weighted by molar-refractivity contribution is -0.130. The summed E-state index contributed by atoms with van der Waals surface area (Å²) in [5.74, 6) is 0.0835. The Morgan fingerprint density at radius 1 is 1.37 bits per heavy atom. The molecule has 1 rings (SSSR count). The minimum Gasteiger partial charge on any atom is -0.339 e. The van der Waals surface area contributed by atoms with Crippen molar-refractivity contribution in [3.05, 3.63) is 0 Å². The van der Waals surface area contributed by atoms with Crippen molar-refractivity contribution in [2.75, 3.05) is 25.9 Å². The topological polar surface area (TPSA) is 78.5 Å². The fourth-order valence-electron chi connectivity index (χ4n) is 2.15. The van der Waals surface area contributed by atoms with Crippen LogP contribution in [0.3, 0.4) is 0 Å². The Bertz CT molecular complexity index is 416. The maximum atomic E-state index is 12.0. The van der Waals surface area contributed by atoms with Crippen molar-refractivity contribution in [1.82, 2.24) is 14.9 Å². The Morgan fingerprint density at radius 2 is 1.95 bits per heavy atom. The first-order chi connectivity index (χ1) is 8.64. The molecule has 0 unspecified atom stereocenters. The van der Waals surface area contributed by atoms with Gasteiger partial charge in [-0.05, 0) is 33.6 Å². The van der Waals surface area contributed by atoms with Crippen LogP contribution in [0.5, 0.6) is 0 Å². The van der Waals surface area contributed by atoms with Gasteiger partial charge >= 0.3 is 0 Å². The second-order valence-electron chi connectivity index (χ2n) is 5.77. The summed E-state index contributed by atoms with van der Waals surface area (Å²) in [6.07, 6.45) is 3.33. The lowest BCUT2D eigenvalue weighted by atomic mass is 10.1. The van der Waals surface area contributed by atoms with Crippen molar-refractivity contribution in [3.63, 3.8) is 0 Å². The lowest BCUT2D eigenvalue weighted by Crippen LogP contribution is -2.51. The maximum absolute atomic E-state index is 12.0. The highest BCUT2D eigenvalue weighted by Crippen LogP contribution is 2.26. The van der Waals surface area contributed by atoms with Gasteiger partial charge in [-0.2, -0.15) is 0 Å². The second kappa shape index (κ2) is 6.19. The molecule has 0 heterocycles. The van der Waals surface area contributed by atoms with Gasteiger partial charge in [0.15, 0.2) is 0 Å². The van der Waals surface area contributed by atoms with Gasteiger partial charge in [-0.15, -0.1) is 0 Å². The standard InChI is InChI=1S/C12H25N3O3S/c1-5-15(10-6-7-10)11(16)8-13-9-12(2,3)14-19(4,17)18/h10,13-14H,5-9H2,1-4H3. The van der Waals surface area contributed by atoms with Crippen molar-refractivity contribution in [3.8, 4) is 0 Å². The van der Waals surface area contributed by atoms with E-state index in [0.29, 0.717) is 12.6 Å². The molecule has 0 aromatic heterocycles. The quantitative estimate of drug-likeness (QED) is 0.655. The van der Waals surface area contributed by atoms with E-state index in [4.69, 9.17) is 0 Å². The highest BCUT2D eigenvalue weighted by molar-refractivity contribution is 7.88. The van der Waals surface area contributed by atoms with Crippen molar-refractivity contribution >= 4 is 15.9 Å². The first-order valence-corrected chi connectivity index (χ1v) is 8.53. The summed E-state index contributed by atoms with van der Waals surface area (Å²) >= 11 is 0. The highest BCUT2D eigenvalue weighted by atomic mass is 32.2. The van der Waals surface area contributed by atoms with Crippen LogP contribution in [0.15, 0.2) is 0 Å². The predicted octanol–water partition coefficient (Wildman–Crippen LogP) is -0.0853. The molecule has 0 radical (unpaired) electrons. The van der Waals surface area contributed by atoms with E-state index in [-0.39, 0.29) is 12.5 Å². The Kier molecular flexibility index (Phi) is 5.34. The van der Waals surface area contributed by atoms with Crippen LogP contribution in [0.1, 0.15) is 33.6 Å². The average molecular weight is 291 g/mol. The Balaban J connectivity index is 2.34. The van der Waals surface area contributed by atoms with Crippen LogP contribution in [-0.2, 0) is 14.8 Å². The third kappa shape index (κ3) is 6.35.